The summed E-state index contributed by atoms with van der Waals surface area (Å²) in [6.07, 6.45) is 2.65. The van der Waals surface area contributed by atoms with Crippen LogP contribution in [-0.4, -0.2) is 31.8 Å². The van der Waals surface area contributed by atoms with E-state index in [-0.39, 0.29) is 10.9 Å². The molecular formula is C12H11BrN2O4S. The lowest BCUT2D eigenvalue weighted by atomic mass is 10.3. The van der Waals surface area contributed by atoms with E-state index >= 15 is 0 Å². The van der Waals surface area contributed by atoms with Gasteiger partial charge in [-0.15, -0.1) is 0 Å². The fraction of sp³-hybridized carbons (Fsp3) is 0.167. The van der Waals surface area contributed by atoms with Gasteiger partial charge in [0.25, 0.3) is 0 Å². The molecule has 0 saturated heterocycles. The van der Waals surface area contributed by atoms with Crippen LogP contribution in [0.25, 0.3) is 0 Å². The Morgan fingerprint density at radius 2 is 1.85 bits per heavy atom. The Kier molecular flexibility index (Phi) is 4.24. The number of ether oxygens (including phenoxy) is 2. The summed E-state index contributed by atoms with van der Waals surface area (Å²) in [5, 5.41) is 0. The first-order valence-electron chi connectivity index (χ1n) is 5.44. The van der Waals surface area contributed by atoms with E-state index in [1.54, 1.807) is 0 Å². The quantitative estimate of drug-likeness (QED) is 0.835. The Labute approximate surface area is 124 Å². The van der Waals surface area contributed by atoms with E-state index in [1.165, 1.54) is 37.6 Å². The molecule has 1 heterocycles. The largest absolute Gasteiger partial charge is 0.480 e. The predicted octanol–water partition coefficient (Wildman–Crippen LogP) is 2.44. The summed E-state index contributed by atoms with van der Waals surface area (Å²) in [7, 11) is -1.74. The second-order valence-corrected chi connectivity index (χ2v) is 6.73. The summed E-state index contributed by atoms with van der Waals surface area (Å²) in [5.74, 6) is 0.782. The molecule has 1 aromatic carbocycles. The van der Waals surface area contributed by atoms with Crippen molar-refractivity contribution in [1.82, 2.24) is 9.97 Å². The predicted molar refractivity (Wildman–Crippen MR) is 75.9 cm³/mol. The lowest BCUT2D eigenvalue weighted by Gasteiger charge is -2.06. The number of halogens is 1. The normalized spacial score (nSPS) is 11.2. The number of nitrogens with zero attached hydrogens (tertiary/aromatic N) is 2. The van der Waals surface area contributed by atoms with Gasteiger partial charge in [-0.2, -0.15) is 4.98 Å². The fourth-order valence-corrected chi connectivity index (χ4v) is 2.37. The van der Waals surface area contributed by atoms with Gasteiger partial charge in [-0.1, -0.05) is 0 Å². The van der Waals surface area contributed by atoms with E-state index < -0.39 is 9.84 Å². The van der Waals surface area contributed by atoms with Crippen LogP contribution in [0.1, 0.15) is 0 Å². The van der Waals surface area contributed by atoms with Crippen LogP contribution < -0.4 is 9.47 Å². The highest BCUT2D eigenvalue weighted by molar-refractivity contribution is 9.10. The maximum Gasteiger partial charge on any atom is 0.325 e. The highest BCUT2D eigenvalue weighted by Crippen LogP contribution is 2.25. The van der Waals surface area contributed by atoms with Crippen molar-refractivity contribution in [3.8, 4) is 17.6 Å². The van der Waals surface area contributed by atoms with Crippen molar-refractivity contribution in [3.63, 3.8) is 0 Å². The van der Waals surface area contributed by atoms with E-state index in [0.717, 1.165) is 6.26 Å². The van der Waals surface area contributed by atoms with Crippen LogP contribution in [0.4, 0.5) is 0 Å². The summed E-state index contributed by atoms with van der Waals surface area (Å²) < 4.78 is 33.7. The molecule has 6 nitrogen and oxygen atoms in total. The van der Waals surface area contributed by atoms with Crippen LogP contribution in [0.2, 0.25) is 0 Å². The van der Waals surface area contributed by atoms with Crippen LogP contribution in [0, 0.1) is 0 Å². The SMILES string of the molecule is COc1nc(Oc2ccc(S(C)(=O)=O)cc2)ncc1Br. The number of rotatable bonds is 4. The number of hydrogen-bond donors (Lipinski definition) is 0. The minimum Gasteiger partial charge on any atom is -0.480 e. The third-order valence-electron chi connectivity index (χ3n) is 2.34. The van der Waals surface area contributed by atoms with E-state index in [9.17, 15) is 8.42 Å². The van der Waals surface area contributed by atoms with Crippen molar-refractivity contribution in [1.29, 1.82) is 0 Å². The Morgan fingerprint density at radius 1 is 1.20 bits per heavy atom. The molecule has 0 aliphatic rings. The minimum absolute atomic E-state index is 0.108. The van der Waals surface area contributed by atoms with Gasteiger partial charge in [0.1, 0.15) is 5.75 Å². The van der Waals surface area contributed by atoms with Crippen LogP contribution in [-0.2, 0) is 9.84 Å². The molecule has 106 valence electrons. The van der Waals surface area contributed by atoms with Gasteiger partial charge < -0.3 is 9.47 Å². The third-order valence-corrected chi connectivity index (χ3v) is 4.02. The number of hydrogen-bond acceptors (Lipinski definition) is 6. The molecule has 2 rings (SSSR count). The van der Waals surface area contributed by atoms with Gasteiger partial charge in [-0.05, 0) is 40.2 Å². The summed E-state index contributed by atoms with van der Waals surface area (Å²) >= 11 is 3.24. The molecular weight excluding hydrogens is 348 g/mol. The summed E-state index contributed by atoms with van der Waals surface area (Å²) in [6.45, 7) is 0. The molecule has 0 fully saturated rings. The number of sulfone groups is 1. The molecule has 0 atom stereocenters. The summed E-state index contributed by atoms with van der Waals surface area (Å²) in [5.41, 5.74) is 0. The van der Waals surface area contributed by atoms with E-state index in [4.69, 9.17) is 9.47 Å². The third kappa shape index (κ3) is 3.45. The average Bonchev–Trinajstić information content (AvgIpc) is 2.40. The van der Waals surface area contributed by atoms with Gasteiger partial charge >= 0.3 is 6.01 Å². The summed E-state index contributed by atoms with van der Waals surface area (Å²) in [4.78, 5) is 8.23. The molecule has 0 amide bonds. The highest BCUT2D eigenvalue weighted by Gasteiger charge is 2.09. The molecule has 0 aliphatic carbocycles. The van der Waals surface area contributed by atoms with E-state index in [0.29, 0.717) is 16.1 Å². The molecule has 1 aromatic heterocycles. The van der Waals surface area contributed by atoms with Gasteiger partial charge in [-0.3, -0.25) is 0 Å². The van der Waals surface area contributed by atoms with Crippen molar-refractivity contribution in [3.05, 3.63) is 34.9 Å². The molecule has 0 aliphatic heterocycles. The lowest BCUT2D eigenvalue weighted by Crippen LogP contribution is -1.98. The first-order chi connectivity index (χ1) is 9.40. The number of aromatic nitrogens is 2. The minimum atomic E-state index is -3.22. The molecule has 0 bridgehead atoms. The van der Waals surface area contributed by atoms with Gasteiger partial charge in [0.05, 0.1) is 22.7 Å². The maximum absolute atomic E-state index is 11.3. The van der Waals surface area contributed by atoms with E-state index in [2.05, 4.69) is 25.9 Å². The van der Waals surface area contributed by atoms with Crippen LogP contribution in [0.3, 0.4) is 0 Å². The highest BCUT2D eigenvalue weighted by atomic mass is 79.9. The molecule has 20 heavy (non-hydrogen) atoms. The first-order valence-corrected chi connectivity index (χ1v) is 8.13. The lowest BCUT2D eigenvalue weighted by molar-refractivity contribution is 0.373. The Morgan fingerprint density at radius 3 is 2.40 bits per heavy atom. The van der Waals surface area contributed by atoms with Crippen molar-refractivity contribution in [2.24, 2.45) is 0 Å². The Balaban J connectivity index is 2.22. The standard InChI is InChI=1S/C12H11BrN2O4S/c1-18-11-10(13)7-14-12(15-11)19-8-3-5-9(6-4-8)20(2,16)17/h3-7H,1-2H3. The van der Waals surface area contributed by atoms with Crippen LogP contribution in [0.15, 0.2) is 39.8 Å². The molecule has 8 heteroatoms. The zero-order chi connectivity index (χ0) is 14.8. The molecule has 2 aromatic rings. The Hall–Kier alpha value is -1.67. The first kappa shape index (κ1) is 14.7. The Bertz CT molecular complexity index is 717. The summed E-state index contributed by atoms with van der Waals surface area (Å²) in [6, 6.07) is 6.10. The molecule has 0 radical (unpaired) electrons. The smallest absolute Gasteiger partial charge is 0.325 e. The van der Waals surface area contributed by atoms with Crippen LogP contribution >= 0.6 is 15.9 Å². The van der Waals surface area contributed by atoms with Crippen molar-refractivity contribution in [2.75, 3.05) is 13.4 Å². The van der Waals surface area contributed by atoms with Gasteiger partial charge in [-0.25, -0.2) is 13.4 Å². The second-order valence-electron chi connectivity index (χ2n) is 3.86. The maximum atomic E-state index is 11.3. The fourth-order valence-electron chi connectivity index (χ4n) is 1.39. The van der Waals surface area contributed by atoms with Crippen molar-refractivity contribution >= 4 is 25.8 Å². The zero-order valence-corrected chi connectivity index (χ0v) is 13.1. The van der Waals surface area contributed by atoms with Gasteiger partial charge in [0.2, 0.25) is 5.88 Å². The average molecular weight is 359 g/mol. The topological polar surface area (TPSA) is 78.4 Å². The van der Waals surface area contributed by atoms with Gasteiger partial charge in [0.15, 0.2) is 9.84 Å². The van der Waals surface area contributed by atoms with Gasteiger partial charge in [0, 0.05) is 6.26 Å². The molecule has 0 N–H and O–H groups in total. The van der Waals surface area contributed by atoms with E-state index in [1.807, 2.05) is 0 Å². The zero-order valence-electron chi connectivity index (χ0n) is 10.7. The molecule has 0 saturated carbocycles. The van der Waals surface area contributed by atoms with Crippen LogP contribution in [0.5, 0.6) is 17.6 Å². The number of benzene rings is 1. The van der Waals surface area contributed by atoms with Crippen molar-refractivity contribution < 1.29 is 17.9 Å². The second kappa shape index (κ2) is 5.76. The monoisotopic (exact) mass is 358 g/mol. The van der Waals surface area contributed by atoms with Crippen molar-refractivity contribution in [2.45, 2.75) is 4.90 Å². The number of methoxy groups -OCH3 is 1. The molecule has 0 unspecified atom stereocenters. The molecule has 0 spiro atoms.